The first kappa shape index (κ1) is 20.8. The molecule has 1 aliphatic heterocycles. The summed E-state index contributed by atoms with van der Waals surface area (Å²) in [6.07, 6.45) is 2.31. The number of unbranched alkanes of at least 4 members (excludes halogenated alkanes) is 1. The maximum absolute atomic E-state index is 8.65. The van der Waals surface area contributed by atoms with Crippen molar-refractivity contribution in [2.45, 2.75) is 45.4 Å². The van der Waals surface area contributed by atoms with E-state index in [0.717, 1.165) is 29.0 Å². The van der Waals surface area contributed by atoms with Crippen LogP contribution in [0.25, 0.3) is 0 Å². The van der Waals surface area contributed by atoms with Gasteiger partial charge < -0.3 is 24.3 Å². The molecule has 29 heavy (non-hydrogen) atoms. The highest BCUT2D eigenvalue weighted by Crippen LogP contribution is 2.35. The minimum atomic E-state index is 0.212. The lowest BCUT2D eigenvalue weighted by molar-refractivity contribution is 0.254. The Kier molecular flexibility index (Phi) is 7.20. The van der Waals surface area contributed by atoms with E-state index >= 15 is 0 Å². The molecule has 6 nitrogen and oxygen atoms in total. The van der Waals surface area contributed by atoms with Crippen LogP contribution in [0.15, 0.2) is 30.3 Å². The molecule has 154 valence electrons. The van der Waals surface area contributed by atoms with Crippen LogP contribution < -0.4 is 24.3 Å². The third-order valence-electron chi connectivity index (χ3n) is 4.86. The minimum absolute atomic E-state index is 0.212. The Bertz CT molecular complexity index is 876. The van der Waals surface area contributed by atoms with E-state index in [2.05, 4.69) is 30.4 Å². The Labute approximate surface area is 172 Å². The fourth-order valence-corrected chi connectivity index (χ4v) is 3.43. The van der Waals surface area contributed by atoms with Gasteiger partial charge in [-0.3, -0.25) is 0 Å². The van der Waals surface area contributed by atoms with Crippen molar-refractivity contribution in [3.63, 3.8) is 0 Å². The number of nitrogens with one attached hydrogen (secondary N) is 1. The van der Waals surface area contributed by atoms with Crippen molar-refractivity contribution < 1.29 is 18.9 Å². The molecule has 0 saturated carbocycles. The highest BCUT2D eigenvalue weighted by molar-refractivity contribution is 5.49. The molecule has 1 aliphatic rings. The fourth-order valence-electron chi connectivity index (χ4n) is 3.43. The van der Waals surface area contributed by atoms with Crippen molar-refractivity contribution in [1.29, 1.82) is 5.26 Å². The average Bonchev–Trinajstić information content (AvgIpc) is 3.09. The smallest absolute Gasteiger partial charge is 0.161 e. The number of fused-ring (bicyclic) bond motifs is 1. The van der Waals surface area contributed by atoms with E-state index in [1.807, 2.05) is 18.2 Å². The van der Waals surface area contributed by atoms with E-state index in [-0.39, 0.29) is 6.10 Å². The van der Waals surface area contributed by atoms with E-state index in [0.29, 0.717) is 44.0 Å². The Balaban J connectivity index is 1.62. The summed E-state index contributed by atoms with van der Waals surface area (Å²) in [5.41, 5.74) is 3.36. The summed E-state index contributed by atoms with van der Waals surface area (Å²) >= 11 is 0. The molecule has 0 spiro atoms. The highest BCUT2D eigenvalue weighted by Gasteiger charge is 2.21. The number of nitrogens with zero attached hydrogens (tertiary/aromatic N) is 1. The van der Waals surface area contributed by atoms with Gasteiger partial charge in [0.05, 0.1) is 26.9 Å². The van der Waals surface area contributed by atoms with Gasteiger partial charge in [-0.05, 0) is 43.2 Å². The van der Waals surface area contributed by atoms with E-state index in [4.69, 9.17) is 24.2 Å². The van der Waals surface area contributed by atoms with E-state index < -0.39 is 0 Å². The zero-order chi connectivity index (χ0) is 20.6. The van der Waals surface area contributed by atoms with Crippen LogP contribution in [-0.4, -0.2) is 26.9 Å². The summed E-state index contributed by atoms with van der Waals surface area (Å²) in [5.74, 6) is 3.22. The zero-order valence-electron chi connectivity index (χ0n) is 17.3. The summed E-state index contributed by atoms with van der Waals surface area (Å²) in [6.45, 7) is 3.91. The maximum atomic E-state index is 8.65. The second-order valence-electron chi connectivity index (χ2n) is 7.10. The Morgan fingerprint density at radius 1 is 1.10 bits per heavy atom. The van der Waals surface area contributed by atoms with Crippen molar-refractivity contribution in [3.8, 4) is 29.1 Å². The number of nitriles is 1. The summed E-state index contributed by atoms with van der Waals surface area (Å²) in [6, 6.07) is 12.2. The van der Waals surface area contributed by atoms with E-state index in [9.17, 15) is 0 Å². The topological polar surface area (TPSA) is 72.7 Å². The molecular weight excluding hydrogens is 368 g/mol. The zero-order valence-corrected chi connectivity index (χ0v) is 17.3. The van der Waals surface area contributed by atoms with Crippen molar-refractivity contribution in [1.82, 2.24) is 5.32 Å². The number of hydrogen-bond donors (Lipinski definition) is 1. The van der Waals surface area contributed by atoms with Crippen molar-refractivity contribution in [2.75, 3.05) is 20.8 Å². The first-order valence-electron chi connectivity index (χ1n) is 9.88. The first-order valence-corrected chi connectivity index (χ1v) is 9.88. The van der Waals surface area contributed by atoms with Gasteiger partial charge in [0.2, 0.25) is 0 Å². The summed E-state index contributed by atoms with van der Waals surface area (Å²) in [4.78, 5) is 0. The molecule has 1 N–H and O–H groups in total. The van der Waals surface area contributed by atoms with Crippen LogP contribution in [0.3, 0.4) is 0 Å². The van der Waals surface area contributed by atoms with Crippen LogP contribution in [-0.2, 0) is 19.5 Å². The molecule has 0 aromatic heterocycles. The second-order valence-corrected chi connectivity index (χ2v) is 7.10. The van der Waals surface area contributed by atoms with Gasteiger partial charge in [-0.25, -0.2) is 0 Å². The second kappa shape index (κ2) is 10.0. The first-order chi connectivity index (χ1) is 14.1. The van der Waals surface area contributed by atoms with Gasteiger partial charge in [0.1, 0.15) is 17.6 Å². The van der Waals surface area contributed by atoms with Crippen molar-refractivity contribution in [2.24, 2.45) is 0 Å². The molecule has 1 heterocycles. The minimum Gasteiger partial charge on any atom is -0.496 e. The van der Waals surface area contributed by atoms with Gasteiger partial charge >= 0.3 is 0 Å². The van der Waals surface area contributed by atoms with Crippen LogP contribution in [0.1, 0.15) is 36.5 Å². The van der Waals surface area contributed by atoms with Gasteiger partial charge in [0.15, 0.2) is 11.5 Å². The molecule has 0 fully saturated rings. The molecule has 3 rings (SSSR count). The number of hydrogen-bond acceptors (Lipinski definition) is 6. The quantitative estimate of drug-likeness (QED) is 0.612. The van der Waals surface area contributed by atoms with Gasteiger partial charge in [0.25, 0.3) is 0 Å². The molecule has 1 unspecified atom stereocenters. The van der Waals surface area contributed by atoms with E-state index in [1.54, 1.807) is 14.2 Å². The van der Waals surface area contributed by atoms with Crippen molar-refractivity contribution in [3.05, 3.63) is 47.0 Å². The van der Waals surface area contributed by atoms with Crippen LogP contribution >= 0.6 is 0 Å². The molecule has 0 bridgehead atoms. The Morgan fingerprint density at radius 2 is 1.93 bits per heavy atom. The van der Waals surface area contributed by atoms with Gasteiger partial charge in [-0.2, -0.15) is 5.26 Å². The molecular formula is C23H28N2O4. The molecule has 0 amide bonds. The fraction of sp³-hybridized carbons (Fsp3) is 0.435. The predicted octanol–water partition coefficient (Wildman–Crippen LogP) is 4.00. The lowest BCUT2D eigenvalue weighted by Gasteiger charge is -2.14. The highest BCUT2D eigenvalue weighted by atomic mass is 16.5. The van der Waals surface area contributed by atoms with Crippen LogP contribution in [0, 0.1) is 11.3 Å². The standard InChI is InChI=1S/C23H28N2O4/c1-16-10-18-12-21(27-3)19(13-22(18)29-16)15-25-14-17-6-7-20(26-2)23(11-17)28-9-5-4-8-24/h6-7,11-13,16,25H,4-5,9-10,14-15H2,1-3H3. The van der Waals surface area contributed by atoms with E-state index in [1.165, 1.54) is 5.56 Å². The molecule has 6 heteroatoms. The Hall–Kier alpha value is -2.91. The Morgan fingerprint density at radius 3 is 2.69 bits per heavy atom. The van der Waals surface area contributed by atoms with Crippen LogP contribution in [0.2, 0.25) is 0 Å². The normalized spacial score (nSPS) is 14.6. The van der Waals surface area contributed by atoms with Gasteiger partial charge in [-0.15, -0.1) is 0 Å². The van der Waals surface area contributed by atoms with Gasteiger partial charge in [-0.1, -0.05) is 6.07 Å². The monoisotopic (exact) mass is 396 g/mol. The summed E-state index contributed by atoms with van der Waals surface area (Å²) < 4.78 is 22.6. The number of rotatable bonds is 10. The molecule has 2 aromatic carbocycles. The average molecular weight is 396 g/mol. The number of benzene rings is 2. The molecule has 0 aliphatic carbocycles. The third-order valence-corrected chi connectivity index (χ3v) is 4.86. The van der Waals surface area contributed by atoms with Gasteiger partial charge in [0, 0.05) is 37.1 Å². The predicted molar refractivity (Wildman–Crippen MR) is 111 cm³/mol. The third kappa shape index (κ3) is 5.33. The lowest BCUT2D eigenvalue weighted by atomic mass is 10.1. The molecule has 0 saturated heterocycles. The maximum Gasteiger partial charge on any atom is 0.161 e. The largest absolute Gasteiger partial charge is 0.496 e. The summed E-state index contributed by atoms with van der Waals surface area (Å²) in [7, 11) is 3.32. The SMILES string of the molecule is COc1cc2c(cc1CNCc1ccc(OC)c(OCCCC#N)c1)OC(C)C2. The number of ether oxygens (including phenoxy) is 4. The molecule has 2 aromatic rings. The number of methoxy groups -OCH3 is 2. The molecule has 0 radical (unpaired) electrons. The van der Waals surface area contributed by atoms with Crippen LogP contribution in [0.4, 0.5) is 0 Å². The summed E-state index contributed by atoms with van der Waals surface area (Å²) in [5, 5.41) is 12.1. The lowest BCUT2D eigenvalue weighted by Crippen LogP contribution is -2.14. The van der Waals surface area contributed by atoms with Crippen LogP contribution in [0.5, 0.6) is 23.0 Å². The van der Waals surface area contributed by atoms with Crippen molar-refractivity contribution >= 4 is 0 Å². The molecule has 1 atom stereocenters.